The first-order valence-corrected chi connectivity index (χ1v) is 7.47. The zero-order valence-corrected chi connectivity index (χ0v) is 11.9. The van der Waals surface area contributed by atoms with Gasteiger partial charge in [-0.25, -0.2) is 4.98 Å². The Kier molecular flexibility index (Phi) is 4.54. The van der Waals surface area contributed by atoms with Crippen LogP contribution in [0.1, 0.15) is 44.3 Å². The first-order chi connectivity index (χ1) is 8.19. The average molecular weight is 253 g/mol. The Hall–Kier alpha value is -0.450. The molecule has 1 aromatic heterocycles. The van der Waals surface area contributed by atoms with Crippen molar-refractivity contribution in [1.82, 2.24) is 15.2 Å². The van der Waals surface area contributed by atoms with Crippen LogP contribution in [0.5, 0.6) is 0 Å². The first kappa shape index (κ1) is 13.0. The molecule has 1 aliphatic carbocycles. The van der Waals surface area contributed by atoms with Crippen LogP contribution < -0.4 is 5.32 Å². The number of hydrogen-bond acceptors (Lipinski definition) is 4. The fraction of sp³-hybridized carbons (Fsp3) is 0.769. The van der Waals surface area contributed by atoms with Crippen LogP contribution in [-0.4, -0.2) is 28.5 Å². The van der Waals surface area contributed by atoms with E-state index in [0.29, 0.717) is 6.04 Å². The number of nitrogens with zero attached hydrogens (tertiary/aromatic N) is 2. The van der Waals surface area contributed by atoms with Gasteiger partial charge in [-0.1, -0.05) is 20.8 Å². The van der Waals surface area contributed by atoms with Gasteiger partial charge in [0.15, 0.2) is 0 Å². The van der Waals surface area contributed by atoms with Gasteiger partial charge in [0.05, 0.1) is 5.69 Å². The summed E-state index contributed by atoms with van der Waals surface area (Å²) >= 11 is 1.78. The Bertz CT molecular complexity index is 344. The molecule has 0 saturated heterocycles. The highest BCUT2D eigenvalue weighted by molar-refractivity contribution is 7.09. The Morgan fingerprint density at radius 3 is 2.88 bits per heavy atom. The van der Waals surface area contributed by atoms with Crippen LogP contribution in [0.15, 0.2) is 5.38 Å². The molecule has 17 heavy (non-hydrogen) atoms. The number of hydrogen-bond donors (Lipinski definition) is 1. The van der Waals surface area contributed by atoms with Gasteiger partial charge in [0.25, 0.3) is 0 Å². The van der Waals surface area contributed by atoms with E-state index in [9.17, 15) is 0 Å². The van der Waals surface area contributed by atoms with E-state index in [2.05, 4.69) is 36.4 Å². The monoisotopic (exact) mass is 253 g/mol. The van der Waals surface area contributed by atoms with Gasteiger partial charge in [0.2, 0.25) is 0 Å². The molecule has 0 unspecified atom stereocenters. The van der Waals surface area contributed by atoms with Gasteiger partial charge in [-0.15, -0.1) is 11.3 Å². The van der Waals surface area contributed by atoms with E-state index in [1.807, 2.05) is 0 Å². The molecule has 3 nitrogen and oxygen atoms in total. The number of thiazole rings is 1. The molecule has 1 N–H and O–H groups in total. The molecule has 4 heteroatoms. The molecular formula is C13H23N3S. The average Bonchev–Trinajstić information content (AvgIpc) is 3.04. The molecule has 1 heterocycles. The summed E-state index contributed by atoms with van der Waals surface area (Å²) in [6.45, 7) is 9.64. The fourth-order valence-corrected chi connectivity index (χ4v) is 2.68. The van der Waals surface area contributed by atoms with Crippen LogP contribution in [-0.2, 0) is 13.1 Å². The molecule has 2 rings (SSSR count). The van der Waals surface area contributed by atoms with Gasteiger partial charge in [-0.2, -0.15) is 0 Å². The molecule has 0 amide bonds. The quantitative estimate of drug-likeness (QED) is 0.809. The van der Waals surface area contributed by atoms with E-state index in [0.717, 1.165) is 25.7 Å². The normalized spacial score (nSPS) is 16.1. The highest BCUT2D eigenvalue weighted by atomic mass is 32.1. The van der Waals surface area contributed by atoms with Crippen molar-refractivity contribution in [2.24, 2.45) is 0 Å². The van der Waals surface area contributed by atoms with Crippen molar-refractivity contribution >= 4 is 11.3 Å². The van der Waals surface area contributed by atoms with E-state index in [1.165, 1.54) is 23.5 Å². The number of rotatable bonds is 7. The second-order valence-corrected chi connectivity index (χ2v) is 6.01. The third-order valence-corrected chi connectivity index (χ3v) is 3.99. The van der Waals surface area contributed by atoms with Crippen molar-refractivity contribution < 1.29 is 0 Å². The van der Waals surface area contributed by atoms with E-state index in [-0.39, 0.29) is 0 Å². The van der Waals surface area contributed by atoms with Crippen LogP contribution in [0.25, 0.3) is 0 Å². The standard InChI is InChI=1S/C13H23N3S/c1-4-16(12-5-6-12)8-11-9-17-13(15-11)7-14-10(2)3/h9-10,12,14H,4-8H2,1-3H3. The third kappa shape index (κ3) is 4.05. The van der Waals surface area contributed by atoms with Gasteiger partial charge in [-0.3, -0.25) is 4.90 Å². The van der Waals surface area contributed by atoms with Crippen molar-refractivity contribution in [1.29, 1.82) is 0 Å². The van der Waals surface area contributed by atoms with Crippen molar-refractivity contribution in [2.75, 3.05) is 6.54 Å². The van der Waals surface area contributed by atoms with E-state index < -0.39 is 0 Å². The van der Waals surface area contributed by atoms with Crippen LogP contribution in [0.2, 0.25) is 0 Å². The predicted octanol–water partition coefficient (Wildman–Crippen LogP) is 2.63. The van der Waals surface area contributed by atoms with Crippen LogP contribution >= 0.6 is 11.3 Å². The first-order valence-electron chi connectivity index (χ1n) is 6.59. The lowest BCUT2D eigenvalue weighted by Gasteiger charge is -2.17. The molecule has 0 aliphatic heterocycles. The maximum absolute atomic E-state index is 4.69. The Labute approximate surface area is 108 Å². The summed E-state index contributed by atoms with van der Waals surface area (Å²) in [7, 11) is 0. The number of nitrogens with one attached hydrogen (secondary N) is 1. The van der Waals surface area contributed by atoms with E-state index in [4.69, 9.17) is 4.98 Å². The number of aromatic nitrogens is 1. The molecule has 0 atom stereocenters. The van der Waals surface area contributed by atoms with Gasteiger partial charge in [-0.05, 0) is 19.4 Å². The maximum Gasteiger partial charge on any atom is 0.107 e. The molecule has 1 fully saturated rings. The molecule has 1 saturated carbocycles. The van der Waals surface area contributed by atoms with Crippen molar-refractivity contribution in [3.8, 4) is 0 Å². The van der Waals surface area contributed by atoms with Crippen molar-refractivity contribution in [3.63, 3.8) is 0 Å². The zero-order valence-electron chi connectivity index (χ0n) is 11.1. The van der Waals surface area contributed by atoms with Crippen molar-refractivity contribution in [3.05, 3.63) is 16.1 Å². The summed E-state index contributed by atoms with van der Waals surface area (Å²) in [5.74, 6) is 0. The second-order valence-electron chi connectivity index (χ2n) is 5.06. The Balaban J connectivity index is 1.84. The van der Waals surface area contributed by atoms with Gasteiger partial charge in [0.1, 0.15) is 5.01 Å². The smallest absolute Gasteiger partial charge is 0.107 e. The fourth-order valence-electron chi connectivity index (χ4n) is 1.94. The molecule has 0 aromatic carbocycles. The predicted molar refractivity (Wildman–Crippen MR) is 73.2 cm³/mol. The minimum Gasteiger partial charge on any atom is -0.308 e. The molecule has 1 aliphatic rings. The lowest BCUT2D eigenvalue weighted by atomic mass is 10.4. The van der Waals surface area contributed by atoms with Crippen LogP contribution in [0.3, 0.4) is 0 Å². The molecular weight excluding hydrogens is 230 g/mol. The zero-order chi connectivity index (χ0) is 12.3. The lowest BCUT2D eigenvalue weighted by Crippen LogP contribution is -2.25. The Morgan fingerprint density at radius 2 is 2.29 bits per heavy atom. The molecule has 96 valence electrons. The summed E-state index contributed by atoms with van der Waals surface area (Å²) in [6, 6.07) is 1.36. The Morgan fingerprint density at radius 1 is 1.53 bits per heavy atom. The highest BCUT2D eigenvalue weighted by Crippen LogP contribution is 2.28. The summed E-state index contributed by atoms with van der Waals surface area (Å²) < 4.78 is 0. The summed E-state index contributed by atoms with van der Waals surface area (Å²) in [5, 5.41) is 6.83. The van der Waals surface area contributed by atoms with Gasteiger partial charge in [0, 0.05) is 30.6 Å². The summed E-state index contributed by atoms with van der Waals surface area (Å²) in [4.78, 5) is 7.23. The molecule has 0 bridgehead atoms. The maximum atomic E-state index is 4.69. The van der Waals surface area contributed by atoms with Crippen LogP contribution in [0, 0.1) is 0 Å². The van der Waals surface area contributed by atoms with Crippen molar-refractivity contribution in [2.45, 2.75) is 58.8 Å². The largest absolute Gasteiger partial charge is 0.308 e. The summed E-state index contributed by atoms with van der Waals surface area (Å²) in [5.41, 5.74) is 1.24. The van der Waals surface area contributed by atoms with Gasteiger partial charge < -0.3 is 5.32 Å². The van der Waals surface area contributed by atoms with E-state index in [1.54, 1.807) is 11.3 Å². The lowest BCUT2D eigenvalue weighted by molar-refractivity contribution is 0.266. The minimum atomic E-state index is 0.529. The molecule has 0 radical (unpaired) electrons. The van der Waals surface area contributed by atoms with Gasteiger partial charge >= 0.3 is 0 Å². The van der Waals surface area contributed by atoms with E-state index >= 15 is 0 Å². The second kappa shape index (κ2) is 5.94. The molecule has 0 spiro atoms. The topological polar surface area (TPSA) is 28.2 Å². The molecule has 1 aromatic rings. The highest BCUT2D eigenvalue weighted by Gasteiger charge is 2.28. The third-order valence-electron chi connectivity index (χ3n) is 3.10. The van der Waals surface area contributed by atoms with Crippen LogP contribution in [0.4, 0.5) is 0 Å². The minimum absolute atomic E-state index is 0.529. The summed E-state index contributed by atoms with van der Waals surface area (Å²) in [6.07, 6.45) is 2.75. The SMILES string of the molecule is CCN(Cc1csc(CNC(C)C)n1)C1CC1.